The minimum Gasteiger partial charge on any atom is -0.359 e. The number of carbonyl (C=O) groups is 2. The quantitative estimate of drug-likeness (QED) is 0.641. The minimum atomic E-state index is -2.19. The maximum absolute atomic E-state index is 13.3. The molecule has 0 spiro atoms. The Kier molecular flexibility index (Phi) is 4.78. The molecule has 6 heteroatoms. The van der Waals surface area contributed by atoms with Gasteiger partial charge in [-0.05, 0) is 30.7 Å². The van der Waals surface area contributed by atoms with Crippen molar-refractivity contribution in [1.29, 1.82) is 0 Å². The summed E-state index contributed by atoms with van der Waals surface area (Å²) in [7, 11) is 0. The van der Waals surface area contributed by atoms with Crippen molar-refractivity contribution in [3.05, 3.63) is 95.6 Å². The number of amides is 3. The van der Waals surface area contributed by atoms with Gasteiger partial charge in [-0.2, -0.15) is 0 Å². The highest BCUT2D eigenvalue weighted by atomic mass is 16.3. The molecule has 0 aliphatic carbocycles. The van der Waals surface area contributed by atoms with Crippen molar-refractivity contribution in [2.24, 2.45) is 0 Å². The van der Waals surface area contributed by atoms with E-state index in [9.17, 15) is 14.7 Å². The first kappa shape index (κ1) is 18.7. The van der Waals surface area contributed by atoms with Crippen LogP contribution in [0.2, 0.25) is 0 Å². The summed E-state index contributed by atoms with van der Waals surface area (Å²) < 4.78 is 0. The van der Waals surface area contributed by atoms with Gasteiger partial charge in [0.2, 0.25) is 0 Å². The Balaban J connectivity index is 1.73. The Morgan fingerprint density at radius 1 is 1.00 bits per heavy atom. The van der Waals surface area contributed by atoms with Crippen molar-refractivity contribution in [3.63, 3.8) is 0 Å². The lowest BCUT2D eigenvalue weighted by Gasteiger charge is -2.42. The summed E-state index contributed by atoms with van der Waals surface area (Å²) in [6.07, 6.45) is 0. The third-order valence-electron chi connectivity index (χ3n) is 4.98. The molecule has 1 aliphatic heterocycles. The van der Waals surface area contributed by atoms with Gasteiger partial charge in [0.25, 0.3) is 11.6 Å². The zero-order valence-corrected chi connectivity index (χ0v) is 15.9. The van der Waals surface area contributed by atoms with E-state index in [-0.39, 0.29) is 6.54 Å². The van der Waals surface area contributed by atoms with Gasteiger partial charge in [-0.1, -0.05) is 66.2 Å². The molecular weight excluding hydrogens is 366 g/mol. The summed E-state index contributed by atoms with van der Waals surface area (Å²) in [6, 6.07) is 22.5. The molecule has 1 aliphatic rings. The Morgan fingerprint density at radius 2 is 1.66 bits per heavy atom. The molecule has 0 radical (unpaired) electrons. The normalized spacial score (nSPS) is 18.0. The molecule has 0 aromatic heterocycles. The maximum Gasteiger partial charge on any atom is 0.329 e. The van der Waals surface area contributed by atoms with Crippen molar-refractivity contribution < 1.29 is 14.7 Å². The number of aryl methyl sites for hydroxylation is 1. The zero-order chi connectivity index (χ0) is 20.4. The number of nitrogens with zero attached hydrogens (tertiary/aromatic N) is 1. The van der Waals surface area contributed by atoms with Gasteiger partial charge in [0.15, 0.2) is 0 Å². The Morgan fingerprint density at radius 3 is 2.38 bits per heavy atom. The average molecular weight is 387 g/mol. The molecule has 0 saturated heterocycles. The van der Waals surface area contributed by atoms with Crippen molar-refractivity contribution >= 4 is 23.3 Å². The van der Waals surface area contributed by atoms with E-state index in [0.717, 1.165) is 16.0 Å². The van der Waals surface area contributed by atoms with Crippen LogP contribution < -0.4 is 15.5 Å². The first-order chi connectivity index (χ1) is 14.0. The molecule has 1 atom stereocenters. The van der Waals surface area contributed by atoms with E-state index in [1.54, 1.807) is 54.6 Å². The Bertz CT molecular complexity index is 1050. The first-order valence-corrected chi connectivity index (χ1v) is 9.32. The van der Waals surface area contributed by atoms with Crippen LogP contribution in [0.5, 0.6) is 0 Å². The van der Waals surface area contributed by atoms with E-state index >= 15 is 0 Å². The topological polar surface area (TPSA) is 81.7 Å². The molecule has 0 unspecified atom stereocenters. The number of rotatable bonds is 4. The summed E-state index contributed by atoms with van der Waals surface area (Å²) >= 11 is 0. The van der Waals surface area contributed by atoms with Crippen molar-refractivity contribution in [2.45, 2.75) is 19.2 Å². The second-order valence-corrected chi connectivity index (χ2v) is 6.99. The number of fused-ring (bicyclic) bond motifs is 1. The maximum atomic E-state index is 13.3. The Hall–Kier alpha value is -3.64. The van der Waals surface area contributed by atoms with Gasteiger partial charge >= 0.3 is 6.03 Å². The number of benzene rings is 3. The lowest BCUT2D eigenvalue weighted by Crippen LogP contribution is -2.62. The summed E-state index contributed by atoms with van der Waals surface area (Å²) in [5, 5.41) is 17.2. The predicted molar refractivity (Wildman–Crippen MR) is 111 cm³/mol. The van der Waals surface area contributed by atoms with Gasteiger partial charge in [-0.3, -0.25) is 9.69 Å². The number of carbonyl (C=O) groups excluding carboxylic acids is 2. The van der Waals surface area contributed by atoms with E-state index in [4.69, 9.17) is 0 Å². The number of aliphatic hydroxyl groups is 1. The molecule has 6 nitrogen and oxygen atoms in total. The van der Waals surface area contributed by atoms with Crippen LogP contribution in [0.4, 0.5) is 16.2 Å². The van der Waals surface area contributed by atoms with Crippen molar-refractivity contribution in [3.8, 4) is 0 Å². The molecule has 3 amide bonds. The van der Waals surface area contributed by atoms with E-state index in [0.29, 0.717) is 16.9 Å². The van der Waals surface area contributed by atoms with E-state index in [1.165, 1.54) is 0 Å². The molecule has 29 heavy (non-hydrogen) atoms. The number of para-hydroxylation sites is 2. The van der Waals surface area contributed by atoms with Crippen LogP contribution in [0.1, 0.15) is 16.7 Å². The van der Waals surface area contributed by atoms with E-state index < -0.39 is 17.7 Å². The van der Waals surface area contributed by atoms with Gasteiger partial charge in [0.05, 0.1) is 5.69 Å². The molecule has 3 N–H and O–H groups in total. The van der Waals surface area contributed by atoms with Gasteiger partial charge in [-0.25, -0.2) is 4.79 Å². The molecule has 1 heterocycles. The monoisotopic (exact) mass is 387 g/mol. The highest BCUT2D eigenvalue weighted by molar-refractivity contribution is 6.11. The smallest absolute Gasteiger partial charge is 0.329 e. The van der Waals surface area contributed by atoms with Crippen LogP contribution in [0, 0.1) is 6.92 Å². The number of hydrogen-bond donors (Lipinski definition) is 3. The van der Waals surface area contributed by atoms with Crippen LogP contribution in [0.3, 0.4) is 0 Å². The molecule has 3 aromatic carbocycles. The van der Waals surface area contributed by atoms with Crippen LogP contribution in [-0.2, 0) is 17.1 Å². The summed E-state index contributed by atoms with van der Waals surface area (Å²) in [5.41, 5.74) is 0.944. The SMILES string of the molecule is Cc1ccc(CNC(=O)[C@]2(O)c3ccccc3NC(=O)N2c2ccccc2)cc1. The van der Waals surface area contributed by atoms with Gasteiger partial charge in [-0.15, -0.1) is 0 Å². The second-order valence-electron chi connectivity index (χ2n) is 6.99. The Labute approximate surface area is 168 Å². The molecule has 0 fully saturated rings. The fourth-order valence-electron chi connectivity index (χ4n) is 3.45. The molecule has 3 aromatic rings. The zero-order valence-electron chi connectivity index (χ0n) is 15.9. The first-order valence-electron chi connectivity index (χ1n) is 9.32. The van der Waals surface area contributed by atoms with E-state index in [2.05, 4.69) is 10.6 Å². The number of urea groups is 1. The standard InChI is InChI=1S/C23H21N3O3/c1-16-11-13-17(14-12-16)15-24-21(27)23(29)19-9-5-6-10-20(19)25-22(28)26(23)18-7-3-2-4-8-18/h2-14,29H,15H2,1H3,(H,24,27)(H,25,28)/t23-/m1/s1. The molecular formula is C23H21N3O3. The second kappa shape index (κ2) is 7.41. The molecule has 0 saturated carbocycles. The minimum absolute atomic E-state index is 0.230. The summed E-state index contributed by atoms with van der Waals surface area (Å²) in [5.74, 6) is -0.677. The van der Waals surface area contributed by atoms with Crippen LogP contribution in [-0.4, -0.2) is 17.0 Å². The molecule has 146 valence electrons. The lowest BCUT2D eigenvalue weighted by molar-refractivity contribution is -0.140. The number of hydrogen-bond acceptors (Lipinski definition) is 3. The van der Waals surface area contributed by atoms with Gasteiger partial charge in [0, 0.05) is 17.8 Å². The van der Waals surface area contributed by atoms with Crippen molar-refractivity contribution in [1.82, 2.24) is 5.32 Å². The highest BCUT2D eigenvalue weighted by Gasteiger charge is 2.51. The highest BCUT2D eigenvalue weighted by Crippen LogP contribution is 2.39. The van der Waals surface area contributed by atoms with Gasteiger partial charge < -0.3 is 15.7 Å². The molecule has 0 bridgehead atoms. The lowest BCUT2D eigenvalue weighted by atomic mass is 9.94. The predicted octanol–water partition coefficient (Wildman–Crippen LogP) is 3.51. The summed E-state index contributed by atoms with van der Waals surface area (Å²) in [4.78, 5) is 27.2. The third kappa shape index (κ3) is 3.34. The number of anilines is 2. The molecule has 4 rings (SSSR count). The largest absolute Gasteiger partial charge is 0.359 e. The van der Waals surface area contributed by atoms with Crippen LogP contribution in [0.25, 0.3) is 0 Å². The van der Waals surface area contributed by atoms with Crippen LogP contribution in [0.15, 0.2) is 78.9 Å². The van der Waals surface area contributed by atoms with Crippen molar-refractivity contribution in [2.75, 3.05) is 10.2 Å². The fraction of sp³-hybridized carbons (Fsp3) is 0.130. The van der Waals surface area contributed by atoms with E-state index in [1.807, 2.05) is 31.2 Å². The fourth-order valence-corrected chi connectivity index (χ4v) is 3.45. The summed E-state index contributed by atoms with van der Waals surface area (Å²) in [6.45, 7) is 2.22. The van der Waals surface area contributed by atoms with Crippen LogP contribution >= 0.6 is 0 Å². The average Bonchev–Trinajstić information content (AvgIpc) is 2.74. The number of nitrogens with one attached hydrogen (secondary N) is 2. The third-order valence-corrected chi connectivity index (χ3v) is 4.98. The van der Waals surface area contributed by atoms with Gasteiger partial charge in [0.1, 0.15) is 0 Å².